The van der Waals surface area contributed by atoms with Crippen LogP contribution in [0, 0.1) is 0 Å². The Hall–Kier alpha value is -2.54. The van der Waals surface area contributed by atoms with Crippen molar-refractivity contribution >= 4 is 22.2 Å². The first-order chi connectivity index (χ1) is 12.2. The molecule has 1 aromatic carbocycles. The molecular weight excluding hydrogens is 336 g/mol. The highest BCUT2D eigenvalue weighted by Crippen LogP contribution is 2.16. The molecule has 1 fully saturated rings. The highest BCUT2D eigenvalue weighted by atomic mass is 32.1. The molecule has 1 saturated heterocycles. The molecule has 0 bridgehead atoms. The van der Waals surface area contributed by atoms with Crippen molar-refractivity contribution in [3.63, 3.8) is 0 Å². The van der Waals surface area contributed by atoms with Gasteiger partial charge < -0.3 is 4.90 Å². The summed E-state index contributed by atoms with van der Waals surface area (Å²) >= 11 is 1.35. The van der Waals surface area contributed by atoms with Crippen molar-refractivity contribution in [2.24, 2.45) is 0 Å². The van der Waals surface area contributed by atoms with Crippen molar-refractivity contribution in [1.82, 2.24) is 19.5 Å². The molecule has 4 rings (SSSR count). The van der Waals surface area contributed by atoms with E-state index < -0.39 is 0 Å². The summed E-state index contributed by atoms with van der Waals surface area (Å²) < 4.78 is 1.65. The number of fused-ring (bicyclic) bond motifs is 1. The first-order valence-corrected chi connectivity index (χ1v) is 9.27. The summed E-state index contributed by atoms with van der Waals surface area (Å²) in [5.74, 6) is 0.113. The molecule has 3 heterocycles. The lowest BCUT2D eigenvalue weighted by atomic mass is 10.1. The highest BCUT2D eigenvalue weighted by Gasteiger charge is 2.20. The number of benzene rings is 1. The maximum atomic E-state index is 12.4. The predicted octanol–water partition coefficient (Wildman–Crippen LogP) is 1.91. The molecule has 0 N–H and O–H groups in total. The topological polar surface area (TPSA) is 67.6 Å². The number of carbonyl (C=O) groups excluding carboxylic acids is 1. The fourth-order valence-electron chi connectivity index (χ4n) is 3.09. The van der Waals surface area contributed by atoms with Crippen molar-refractivity contribution in [1.29, 1.82) is 0 Å². The molecule has 128 valence electrons. The summed E-state index contributed by atoms with van der Waals surface area (Å²) in [5.41, 5.74) is 1.90. The van der Waals surface area contributed by atoms with Gasteiger partial charge in [-0.3, -0.25) is 9.59 Å². The van der Waals surface area contributed by atoms with E-state index in [0.29, 0.717) is 23.5 Å². The van der Waals surface area contributed by atoms with Crippen LogP contribution in [-0.4, -0.2) is 38.5 Å². The van der Waals surface area contributed by atoms with Crippen molar-refractivity contribution in [2.75, 3.05) is 13.1 Å². The number of thiazole rings is 1. The number of likely N-dealkylation sites (tertiary alicyclic amines) is 1. The molecule has 0 spiro atoms. The predicted molar refractivity (Wildman–Crippen MR) is 95.9 cm³/mol. The minimum Gasteiger partial charge on any atom is -0.342 e. The lowest BCUT2D eigenvalue weighted by Crippen LogP contribution is -2.29. The lowest BCUT2D eigenvalue weighted by molar-refractivity contribution is -0.129. The molecule has 2 aromatic heterocycles. The second kappa shape index (κ2) is 6.76. The molecule has 3 aromatic rings. The lowest BCUT2D eigenvalue weighted by Gasteiger charge is -2.14. The van der Waals surface area contributed by atoms with Crippen LogP contribution >= 0.6 is 11.3 Å². The molecule has 0 atom stereocenters. The molecule has 7 heteroatoms. The van der Waals surface area contributed by atoms with Gasteiger partial charge in [-0.2, -0.15) is 10.1 Å². The van der Waals surface area contributed by atoms with Crippen LogP contribution in [-0.2, 0) is 17.6 Å². The summed E-state index contributed by atoms with van der Waals surface area (Å²) in [4.78, 5) is 31.2. The van der Waals surface area contributed by atoms with E-state index in [1.165, 1.54) is 11.3 Å². The second-order valence-electron chi connectivity index (χ2n) is 6.21. The minimum absolute atomic E-state index is 0.113. The normalized spacial score (nSPS) is 14.3. The summed E-state index contributed by atoms with van der Waals surface area (Å²) in [6.45, 7) is 1.67. The molecule has 25 heavy (non-hydrogen) atoms. The van der Waals surface area contributed by atoms with Gasteiger partial charge in [-0.05, 0) is 18.4 Å². The molecule has 0 unspecified atom stereocenters. The molecule has 1 aliphatic rings. The second-order valence-corrected chi connectivity index (χ2v) is 7.05. The number of aromatic nitrogens is 3. The van der Waals surface area contributed by atoms with Crippen LogP contribution in [0.2, 0.25) is 0 Å². The van der Waals surface area contributed by atoms with E-state index in [2.05, 4.69) is 10.1 Å². The highest BCUT2D eigenvalue weighted by molar-refractivity contribution is 7.15. The first kappa shape index (κ1) is 16.0. The number of carbonyl (C=O) groups is 1. The molecule has 1 amide bonds. The third-order valence-corrected chi connectivity index (χ3v) is 5.29. The largest absolute Gasteiger partial charge is 0.342 e. The zero-order valence-electron chi connectivity index (χ0n) is 13.7. The van der Waals surface area contributed by atoms with Crippen LogP contribution in [0.4, 0.5) is 0 Å². The summed E-state index contributed by atoms with van der Waals surface area (Å²) in [6, 6.07) is 9.72. The summed E-state index contributed by atoms with van der Waals surface area (Å²) in [7, 11) is 0. The van der Waals surface area contributed by atoms with E-state index in [9.17, 15) is 9.59 Å². The summed E-state index contributed by atoms with van der Waals surface area (Å²) in [6.07, 6.45) is 2.88. The monoisotopic (exact) mass is 354 g/mol. The SMILES string of the molecule is O=C(Cc1csc2nc(=O)c(Cc3ccccc3)nn12)N1CCCC1. The molecule has 0 aliphatic carbocycles. The van der Waals surface area contributed by atoms with Gasteiger partial charge in [0.25, 0.3) is 5.56 Å². The van der Waals surface area contributed by atoms with Crippen LogP contribution in [0.5, 0.6) is 0 Å². The maximum absolute atomic E-state index is 12.4. The van der Waals surface area contributed by atoms with Crippen molar-refractivity contribution in [3.05, 3.63) is 63.0 Å². The van der Waals surface area contributed by atoms with Crippen molar-refractivity contribution in [3.8, 4) is 0 Å². The van der Waals surface area contributed by atoms with Crippen molar-refractivity contribution < 1.29 is 4.79 Å². The third-order valence-electron chi connectivity index (χ3n) is 4.42. The minimum atomic E-state index is -0.303. The Bertz CT molecular complexity index is 958. The standard InChI is InChI=1S/C18H18N4O2S/c23-16(21-8-4-5-9-21)11-14-12-25-18-19-17(24)15(20-22(14)18)10-13-6-2-1-3-7-13/h1-3,6-7,12H,4-5,8-11H2. The van der Waals surface area contributed by atoms with Crippen LogP contribution in [0.1, 0.15) is 29.8 Å². The van der Waals surface area contributed by atoms with Gasteiger partial charge in [0, 0.05) is 24.9 Å². The van der Waals surface area contributed by atoms with E-state index in [0.717, 1.165) is 37.2 Å². The Labute approximate surface area is 148 Å². The summed E-state index contributed by atoms with van der Waals surface area (Å²) in [5, 5.41) is 6.36. The average molecular weight is 354 g/mol. The van der Waals surface area contributed by atoms with Crippen LogP contribution in [0.15, 0.2) is 40.5 Å². The number of amides is 1. The van der Waals surface area contributed by atoms with E-state index in [1.807, 2.05) is 40.6 Å². The average Bonchev–Trinajstić information content (AvgIpc) is 3.27. The molecular formula is C18H18N4O2S. The molecule has 0 saturated carbocycles. The van der Waals surface area contributed by atoms with Gasteiger partial charge in [0.2, 0.25) is 10.9 Å². The Morgan fingerprint density at radius 2 is 1.92 bits per heavy atom. The molecule has 6 nitrogen and oxygen atoms in total. The number of hydrogen-bond donors (Lipinski definition) is 0. The zero-order valence-corrected chi connectivity index (χ0v) is 14.5. The zero-order chi connectivity index (χ0) is 17.2. The van der Waals surface area contributed by atoms with Crippen molar-refractivity contribution in [2.45, 2.75) is 25.7 Å². The van der Waals surface area contributed by atoms with Gasteiger partial charge in [-0.1, -0.05) is 30.3 Å². The Morgan fingerprint density at radius 1 is 1.16 bits per heavy atom. The number of nitrogens with zero attached hydrogens (tertiary/aromatic N) is 4. The first-order valence-electron chi connectivity index (χ1n) is 8.39. The van der Waals surface area contributed by atoms with E-state index in [1.54, 1.807) is 4.52 Å². The maximum Gasteiger partial charge on any atom is 0.296 e. The van der Waals surface area contributed by atoms with Crippen LogP contribution in [0.3, 0.4) is 0 Å². The van der Waals surface area contributed by atoms with Gasteiger partial charge in [0.05, 0.1) is 12.1 Å². The third kappa shape index (κ3) is 3.32. The van der Waals surface area contributed by atoms with Crippen LogP contribution < -0.4 is 5.56 Å². The van der Waals surface area contributed by atoms with Crippen LogP contribution in [0.25, 0.3) is 4.96 Å². The fraction of sp³-hybridized carbons (Fsp3) is 0.333. The molecule has 0 radical (unpaired) electrons. The van der Waals surface area contributed by atoms with Gasteiger partial charge in [0.15, 0.2) is 0 Å². The number of rotatable bonds is 4. The number of hydrogen-bond acceptors (Lipinski definition) is 5. The Balaban J connectivity index is 1.64. The van der Waals surface area contributed by atoms with Gasteiger partial charge >= 0.3 is 0 Å². The van der Waals surface area contributed by atoms with Gasteiger partial charge in [-0.15, -0.1) is 11.3 Å². The fourth-order valence-corrected chi connectivity index (χ4v) is 3.91. The van der Waals surface area contributed by atoms with E-state index in [4.69, 9.17) is 0 Å². The quantitative estimate of drug-likeness (QED) is 0.718. The van der Waals surface area contributed by atoms with E-state index >= 15 is 0 Å². The Morgan fingerprint density at radius 3 is 2.68 bits per heavy atom. The van der Waals surface area contributed by atoms with Gasteiger partial charge in [-0.25, -0.2) is 4.52 Å². The Kier molecular flexibility index (Phi) is 4.31. The van der Waals surface area contributed by atoms with E-state index in [-0.39, 0.29) is 11.5 Å². The molecule has 1 aliphatic heterocycles. The smallest absolute Gasteiger partial charge is 0.296 e. The van der Waals surface area contributed by atoms with Gasteiger partial charge in [0.1, 0.15) is 5.69 Å².